The van der Waals surface area contributed by atoms with Gasteiger partial charge in [0.05, 0.1) is 12.5 Å². The van der Waals surface area contributed by atoms with Gasteiger partial charge in [0.25, 0.3) is 0 Å². The van der Waals surface area contributed by atoms with E-state index in [0.29, 0.717) is 6.42 Å². The van der Waals surface area contributed by atoms with Gasteiger partial charge in [-0.05, 0) is 44.0 Å². The second-order valence-electron chi connectivity index (χ2n) is 5.69. The molecule has 2 aromatic heterocycles. The third kappa shape index (κ3) is 2.92. The maximum absolute atomic E-state index is 12.3. The molecule has 0 aliphatic rings. The van der Waals surface area contributed by atoms with Crippen LogP contribution in [0.4, 0.5) is 0 Å². The van der Waals surface area contributed by atoms with Crippen LogP contribution in [0.2, 0.25) is 0 Å². The van der Waals surface area contributed by atoms with Gasteiger partial charge in [0.15, 0.2) is 0 Å². The van der Waals surface area contributed by atoms with Crippen LogP contribution >= 0.6 is 11.3 Å². The number of rotatable bonds is 4. The first-order valence-corrected chi connectivity index (χ1v) is 8.27. The SMILES string of the molecule is Cc1cc([C@@H](C)NC(=O)Cc2c[nH]c3ccccc23)c(C)s1. The van der Waals surface area contributed by atoms with Crippen LogP contribution in [-0.4, -0.2) is 10.9 Å². The summed E-state index contributed by atoms with van der Waals surface area (Å²) in [6.07, 6.45) is 2.32. The first-order chi connectivity index (χ1) is 10.5. The molecular weight excluding hydrogens is 292 g/mol. The fraction of sp³-hybridized carbons (Fsp3) is 0.278. The van der Waals surface area contributed by atoms with Crippen LogP contribution in [0.5, 0.6) is 0 Å². The normalized spacial score (nSPS) is 12.5. The summed E-state index contributed by atoms with van der Waals surface area (Å²) in [7, 11) is 0. The van der Waals surface area contributed by atoms with E-state index < -0.39 is 0 Å². The Kier molecular flexibility index (Phi) is 4.03. The largest absolute Gasteiger partial charge is 0.361 e. The third-order valence-corrected chi connectivity index (χ3v) is 4.93. The molecule has 0 saturated heterocycles. The Morgan fingerprint density at radius 2 is 2.09 bits per heavy atom. The molecule has 0 aliphatic heterocycles. The molecule has 0 radical (unpaired) electrons. The highest BCUT2D eigenvalue weighted by atomic mass is 32.1. The van der Waals surface area contributed by atoms with Gasteiger partial charge in [-0.1, -0.05) is 18.2 Å². The number of aromatic nitrogens is 1. The van der Waals surface area contributed by atoms with E-state index in [0.717, 1.165) is 16.5 Å². The van der Waals surface area contributed by atoms with E-state index in [9.17, 15) is 4.79 Å². The first kappa shape index (κ1) is 14.9. The molecule has 3 nitrogen and oxygen atoms in total. The van der Waals surface area contributed by atoms with E-state index in [1.54, 1.807) is 11.3 Å². The van der Waals surface area contributed by atoms with Gasteiger partial charge < -0.3 is 10.3 Å². The second-order valence-corrected chi connectivity index (χ2v) is 7.15. The molecule has 1 aromatic carbocycles. The lowest BCUT2D eigenvalue weighted by Gasteiger charge is -2.13. The highest BCUT2D eigenvalue weighted by molar-refractivity contribution is 7.12. The molecule has 0 aliphatic carbocycles. The third-order valence-electron chi connectivity index (χ3n) is 3.95. The molecule has 0 saturated carbocycles. The van der Waals surface area contributed by atoms with E-state index in [-0.39, 0.29) is 11.9 Å². The number of amides is 1. The van der Waals surface area contributed by atoms with Crippen molar-refractivity contribution < 1.29 is 4.79 Å². The van der Waals surface area contributed by atoms with Crippen LogP contribution in [0, 0.1) is 13.8 Å². The number of nitrogens with one attached hydrogen (secondary N) is 2. The summed E-state index contributed by atoms with van der Waals surface area (Å²) in [5.41, 5.74) is 3.33. The Morgan fingerprint density at radius 1 is 1.32 bits per heavy atom. The lowest BCUT2D eigenvalue weighted by atomic mass is 10.1. The molecular formula is C18H20N2OS. The van der Waals surface area contributed by atoms with Crippen molar-refractivity contribution in [2.24, 2.45) is 0 Å². The summed E-state index contributed by atoms with van der Waals surface area (Å²) in [6, 6.07) is 10.3. The molecule has 1 amide bonds. The maximum Gasteiger partial charge on any atom is 0.224 e. The summed E-state index contributed by atoms with van der Waals surface area (Å²) < 4.78 is 0. The Labute approximate surface area is 134 Å². The molecule has 22 heavy (non-hydrogen) atoms. The zero-order valence-electron chi connectivity index (χ0n) is 13.1. The van der Waals surface area contributed by atoms with Gasteiger partial charge in [-0.25, -0.2) is 0 Å². The number of hydrogen-bond acceptors (Lipinski definition) is 2. The molecule has 2 heterocycles. The Hall–Kier alpha value is -2.07. The van der Waals surface area contributed by atoms with Crippen LogP contribution in [0.25, 0.3) is 10.9 Å². The minimum absolute atomic E-state index is 0.0441. The van der Waals surface area contributed by atoms with Gasteiger partial charge in [-0.15, -0.1) is 11.3 Å². The minimum atomic E-state index is 0.0441. The number of carbonyl (C=O) groups excluding carboxylic acids is 1. The number of benzene rings is 1. The Morgan fingerprint density at radius 3 is 2.82 bits per heavy atom. The highest BCUT2D eigenvalue weighted by Crippen LogP contribution is 2.26. The number of thiophene rings is 1. The second kappa shape index (κ2) is 5.97. The fourth-order valence-electron chi connectivity index (χ4n) is 2.90. The number of hydrogen-bond donors (Lipinski definition) is 2. The van der Waals surface area contributed by atoms with Crippen molar-refractivity contribution in [3.05, 3.63) is 57.4 Å². The standard InChI is InChI=1S/C18H20N2OS/c1-11-8-16(13(3)22-11)12(2)20-18(21)9-14-10-19-17-7-5-4-6-15(14)17/h4-8,10,12,19H,9H2,1-3H3,(H,20,21)/t12-/m1/s1. The van der Waals surface area contributed by atoms with Crippen molar-refractivity contribution in [3.8, 4) is 0 Å². The summed E-state index contributed by atoms with van der Waals surface area (Å²) in [6.45, 7) is 6.25. The molecule has 0 bridgehead atoms. The van der Waals surface area contributed by atoms with Crippen molar-refractivity contribution in [3.63, 3.8) is 0 Å². The van der Waals surface area contributed by atoms with Crippen LogP contribution in [0.3, 0.4) is 0 Å². The smallest absolute Gasteiger partial charge is 0.224 e. The number of fused-ring (bicyclic) bond motifs is 1. The van der Waals surface area contributed by atoms with Crippen molar-refractivity contribution in [1.82, 2.24) is 10.3 Å². The zero-order chi connectivity index (χ0) is 15.7. The fourth-order valence-corrected chi connectivity index (χ4v) is 3.92. The van der Waals surface area contributed by atoms with E-state index in [1.807, 2.05) is 37.4 Å². The van der Waals surface area contributed by atoms with Gasteiger partial charge in [0.1, 0.15) is 0 Å². The Balaban J connectivity index is 1.71. The molecule has 2 N–H and O–H groups in total. The number of aromatic amines is 1. The number of aryl methyl sites for hydroxylation is 2. The molecule has 0 spiro atoms. The predicted molar refractivity (Wildman–Crippen MR) is 92.4 cm³/mol. The molecule has 0 fully saturated rings. The van der Waals surface area contributed by atoms with E-state index >= 15 is 0 Å². The van der Waals surface area contributed by atoms with Crippen LogP contribution in [-0.2, 0) is 11.2 Å². The number of H-pyrrole nitrogens is 1. The van der Waals surface area contributed by atoms with Crippen LogP contribution in [0.1, 0.15) is 33.8 Å². The average molecular weight is 312 g/mol. The van der Waals surface area contributed by atoms with E-state index in [1.165, 1.54) is 15.3 Å². The van der Waals surface area contributed by atoms with Gasteiger partial charge in [0.2, 0.25) is 5.91 Å². The summed E-state index contributed by atoms with van der Waals surface area (Å²) in [5, 5.41) is 4.23. The molecule has 3 rings (SSSR count). The molecule has 0 unspecified atom stereocenters. The van der Waals surface area contributed by atoms with Gasteiger partial charge >= 0.3 is 0 Å². The van der Waals surface area contributed by atoms with Gasteiger partial charge in [0, 0.05) is 26.9 Å². The quantitative estimate of drug-likeness (QED) is 0.742. The van der Waals surface area contributed by atoms with Crippen molar-refractivity contribution in [2.75, 3.05) is 0 Å². The van der Waals surface area contributed by atoms with Gasteiger partial charge in [-0.3, -0.25) is 4.79 Å². The summed E-state index contributed by atoms with van der Waals surface area (Å²) in [5.74, 6) is 0.0560. The monoisotopic (exact) mass is 312 g/mol. The molecule has 3 aromatic rings. The predicted octanol–water partition coefficient (Wildman–Crippen LogP) is 4.27. The molecule has 4 heteroatoms. The topological polar surface area (TPSA) is 44.9 Å². The van der Waals surface area contributed by atoms with Gasteiger partial charge in [-0.2, -0.15) is 0 Å². The highest BCUT2D eigenvalue weighted by Gasteiger charge is 2.15. The summed E-state index contributed by atoms with van der Waals surface area (Å²) in [4.78, 5) is 18.1. The van der Waals surface area contributed by atoms with Crippen LogP contribution < -0.4 is 5.32 Å². The zero-order valence-corrected chi connectivity index (χ0v) is 13.9. The minimum Gasteiger partial charge on any atom is -0.361 e. The number of para-hydroxylation sites is 1. The number of carbonyl (C=O) groups is 1. The van der Waals surface area contributed by atoms with Crippen molar-refractivity contribution >= 4 is 28.1 Å². The van der Waals surface area contributed by atoms with E-state index in [4.69, 9.17) is 0 Å². The Bertz CT molecular complexity index is 815. The van der Waals surface area contributed by atoms with Crippen molar-refractivity contribution in [1.29, 1.82) is 0 Å². The lowest BCUT2D eigenvalue weighted by molar-refractivity contribution is -0.121. The van der Waals surface area contributed by atoms with Crippen molar-refractivity contribution in [2.45, 2.75) is 33.2 Å². The summed E-state index contributed by atoms with van der Waals surface area (Å²) >= 11 is 1.78. The lowest BCUT2D eigenvalue weighted by Crippen LogP contribution is -2.28. The maximum atomic E-state index is 12.3. The first-order valence-electron chi connectivity index (χ1n) is 7.46. The van der Waals surface area contributed by atoms with Crippen LogP contribution in [0.15, 0.2) is 36.5 Å². The van der Waals surface area contributed by atoms with E-state index in [2.05, 4.69) is 30.2 Å². The molecule has 114 valence electrons. The molecule has 1 atom stereocenters. The average Bonchev–Trinajstić information content (AvgIpc) is 3.02.